The van der Waals surface area contributed by atoms with Gasteiger partial charge in [0.25, 0.3) is 0 Å². The molecule has 0 radical (unpaired) electrons. The third-order valence-corrected chi connectivity index (χ3v) is 15.5. The number of thiol groups is 4. The molecule has 1 aromatic rings. The number of hydrogen-bond acceptors (Lipinski definition) is 16. The number of rotatable bonds is 24. The van der Waals surface area contributed by atoms with Crippen LogP contribution < -0.4 is 0 Å². The average Bonchev–Trinajstić information content (AvgIpc) is 2.99. The minimum absolute atomic E-state index is 0.207. The van der Waals surface area contributed by atoms with E-state index in [1.807, 2.05) is 0 Å². The van der Waals surface area contributed by atoms with Gasteiger partial charge in [-0.3, -0.25) is 19.2 Å². The molecule has 0 heterocycles. The molecule has 0 fully saturated rings. The first-order valence-electron chi connectivity index (χ1n) is 13.0. The topological polar surface area (TPSA) is 68.3 Å². The largest absolute Gasteiger partial charge is 0.282 e. The average molecular weight is 799 g/mol. The lowest BCUT2D eigenvalue weighted by Gasteiger charge is -2.14. The van der Waals surface area contributed by atoms with Crippen LogP contribution in [0, 0.1) is 0 Å². The molecule has 1 rings (SSSR count). The molecule has 0 aliphatic rings. The van der Waals surface area contributed by atoms with Crippen LogP contribution in [0.25, 0.3) is 0 Å². The van der Waals surface area contributed by atoms with Crippen LogP contribution in [0.2, 0.25) is 0 Å². The fourth-order valence-electron chi connectivity index (χ4n) is 3.03. The van der Waals surface area contributed by atoms with Crippen LogP contribution in [-0.4, -0.2) is 113 Å². The summed E-state index contributed by atoms with van der Waals surface area (Å²) in [5.74, 6) is 12.1. The zero-order valence-corrected chi connectivity index (χ0v) is 33.3. The highest BCUT2D eigenvalue weighted by molar-refractivity contribution is 8.16. The Hall–Kier alpha value is 2.10. The number of hydrogen-bond donors (Lipinski definition) is 4. The van der Waals surface area contributed by atoms with Crippen LogP contribution in [-0.2, 0) is 0 Å². The first-order valence-corrected chi connectivity index (χ1v) is 24.1. The molecular weight excluding hydrogens is 761 g/mol. The van der Waals surface area contributed by atoms with E-state index >= 15 is 0 Å². The Labute approximate surface area is 307 Å². The van der Waals surface area contributed by atoms with E-state index in [0.717, 1.165) is 116 Å². The minimum atomic E-state index is -0.256. The summed E-state index contributed by atoms with van der Waals surface area (Å²) in [5, 5.41) is -1.03. The Morgan fingerprint density at radius 2 is 0.595 bits per heavy atom. The molecule has 0 unspecified atom stereocenters. The van der Waals surface area contributed by atoms with Gasteiger partial charge in [0.15, 0.2) is 0 Å². The van der Waals surface area contributed by atoms with Gasteiger partial charge < -0.3 is 0 Å². The molecule has 0 saturated heterocycles. The monoisotopic (exact) mass is 798 g/mol. The normalized spacial score (nSPS) is 11.1. The first-order chi connectivity index (χ1) is 20.4. The second kappa shape index (κ2) is 28.1. The molecule has 1 aromatic carbocycles. The molecule has 4 nitrogen and oxygen atoms in total. The standard InChI is InChI=1S/C26H38O4S12/c27-23(39-13-9-35-5-1-31)19-17-21(25(29)41-15-11-37-7-3-33)22(26(30)42-16-12-38-8-4-34)18-20(19)24(28)40-14-10-36-6-2-32/h17-18,31-34H,1-16H2. The van der Waals surface area contributed by atoms with Gasteiger partial charge in [-0.1, -0.05) is 47.0 Å². The summed E-state index contributed by atoms with van der Waals surface area (Å²) in [4.78, 5) is 53.7. The summed E-state index contributed by atoms with van der Waals surface area (Å²) in [6.07, 6.45) is 0. The van der Waals surface area contributed by atoms with Crippen LogP contribution in [0.1, 0.15) is 41.4 Å². The van der Waals surface area contributed by atoms with Crippen molar-refractivity contribution < 1.29 is 19.2 Å². The Morgan fingerprint density at radius 1 is 0.381 bits per heavy atom. The van der Waals surface area contributed by atoms with Crippen LogP contribution in [0.5, 0.6) is 0 Å². The lowest BCUT2D eigenvalue weighted by Crippen LogP contribution is -2.14. The van der Waals surface area contributed by atoms with E-state index in [0.29, 0.717) is 23.0 Å². The Balaban J connectivity index is 3.32. The molecule has 0 spiro atoms. The number of benzene rings is 1. The predicted octanol–water partition coefficient (Wildman–Crippen LogP) is 7.83. The highest BCUT2D eigenvalue weighted by Crippen LogP contribution is 2.31. The molecule has 238 valence electrons. The summed E-state index contributed by atoms with van der Waals surface area (Å²) in [6, 6.07) is 3.00. The van der Waals surface area contributed by atoms with Crippen LogP contribution in [0.3, 0.4) is 0 Å². The summed E-state index contributed by atoms with van der Waals surface area (Å²) >= 11 is 28.3. The molecule has 16 heteroatoms. The smallest absolute Gasteiger partial charge is 0.220 e. The third kappa shape index (κ3) is 18.4. The second-order valence-corrected chi connectivity index (χ2v) is 18.8. The maximum Gasteiger partial charge on any atom is 0.220 e. The Morgan fingerprint density at radius 3 is 0.786 bits per heavy atom. The minimum Gasteiger partial charge on any atom is -0.282 e. The zero-order chi connectivity index (χ0) is 31.0. The van der Waals surface area contributed by atoms with Crippen molar-refractivity contribution in [2.45, 2.75) is 0 Å². The molecule has 0 aromatic heterocycles. The molecule has 0 bridgehead atoms. The van der Waals surface area contributed by atoms with Gasteiger partial charge in [0, 0.05) is 91.3 Å². The second-order valence-electron chi connectivity index (χ2n) is 7.83. The van der Waals surface area contributed by atoms with Crippen molar-refractivity contribution in [2.24, 2.45) is 0 Å². The van der Waals surface area contributed by atoms with E-state index in [1.165, 1.54) is 12.1 Å². The van der Waals surface area contributed by atoms with E-state index < -0.39 is 0 Å². The summed E-state index contributed by atoms with van der Waals surface area (Å²) in [7, 11) is 0. The summed E-state index contributed by atoms with van der Waals surface area (Å²) in [5.41, 5.74) is 0.830. The fraction of sp³-hybridized carbons (Fsp3) is 0.615. The van der Waals surface area contributed by atoms with Crippen molar-refractivity contribution in [3.05, 3.63) is 34.4 Å². The molecule has 0 amide bonds. The van der Waals surface area contributed by atoms with Crippen LogP contribution in [0.15, 0.2) is 12.1 Å². The number of carbonyl (C=O) groups is 4. The van der Waals surface area contributed by atoms with Crippen molar-refractivity contribution in [1.82, 2.24) is 0 Å². The van der Waals surface area contributed by atoms with Gasteiger partial charge in [-0.25, -0.2) is 0 Å². The molecule has 0 aliphatic carbocycles. The van der Waals surface area contributed by atoms with Gasteiger partial charge in [-0.2, -0.15) is 97.6 Å². The van der Waals surface area contributed by atoms with Crippen molar-refractivity contribution >= 4 is 165 Å². The fourth-order valence-corrected chi connectivity index (χ4v) is 11.2. The molecule has 0 aliphatic heterocycles. The zero-order valence-electron chi connectivity index (χ0n) is 23.2. The lowest BCUT2D eigenvalue weighted by molar-refractivity contribution is 0.105. The van der Waals surface area contributed by atoms with Gasteiger partial charge in [0.1, 0.15) is 0 Å². The van der Waals surface area contributed by atoms with Crippen molar-refractivity contribution in [1.29, 1.82) is 0 Å². The molecule has 0 atom stereocenters. The maximum absolute atomic E-state index is 13.4. The predicted molar refractivity (Wildman–Crippen MR) is 218 cm³/mol. The molecule has 42 heavy (non-hydrogen) atoms. The van der Waals surface area contributed by atoms with Gasteiger partial charge in [-0.15, -0.1) is 0 Å². The Kier molecular flexibility index (Phi) is 28.2. The summed E-state index contributed by atoms with van der Waals surface area (Å²) < 4.78 is 0. The van der Waals surface area contributed by atoms with Crippen LogP contribution >= 0.6 is 145 Å². The van der Waals surface area contributed by atoms with Crippen LogP contribution in [0.4, 0.5) is 0 Å². The maximum atomic E-state index is 13.4. The number of carbonyl (C=O) groups excluding carboxylic acids is 4. The van der Waals surface area contributed by atoms with Crippen molar-refractivity contribution in [3.8, 4) is 0 Å². The molecular formula is C26H38O4S12. The summed E-state index contributed by atoms with van der Waals surface area (Å²) in [6.45, 7) is 0. The van der Waals surface area contributed by atoms with E-state index in [4.69, 9.17) is 0 Å². The van der Waals surface area contributed by atoms with Gasteiger partial charge in [0.05, 0.1) is 0 Å². The van der Waals surface area contributed by atoms with Crippen molar-refractivity contribution in [3.63, 3.8) is 0 Å². The highest BCUT2D eigenvalue weighted by atomic mass is 32.2. The quantitative estimate of drug-likeness (QED) is 0.0609. The van der Waals surface area contributed by atoms with Gasteiger partial charge in [0.2, 0.25) is 20.5 Å². The molecule has 0 saturated carbocycles. The van der Waals surface area contributed by atoms with Gasteiger partial charge >= 0.3 is 0 Å². The SMILES string of the molecule is O=C(SCCSCCS)c1cc(C(=O)SCCSCCS)c(C(=O)SCCSCCS)cc1C(=O)SCCSCCS. The molecule has 0 N–H and O–H groups in total. The lowest BCUT2D eigenvalue weighted by atomic mass is 10.0. The number of thioether (sulfide) groups is 8. The van der Waals surface area contributed by atoms with E-state index in [-0.39, 0.29) is 42.7 Å². The van der Waals surface area contributed by atoms with E-state index in [9.17, 15) is 19.2 Å². The Bertz CT molecular complexity index is 817. The first kappa shape index (κ1) is 42.1. The highest BCUT2D eigenvalue weighted by Gasteiger charge is 2.26. The van der Waals surface area contributed by atoms with E-state index in [1.54, 1.807) is 47.0 Å². The third-order valence-electron chi connectivity index (χ3n) is 4.82. The van der Waals surface area contributed by atoms with Crippen molar-refractivity contribution in [2.75, 3.05) is 92.0 Å². The van der Waals surface area contributed by atoms with E-state index in [2.05, 4.69) is 50.5 Å². The van der Waals surface area contributed by atoms with Gasteiger partial charge in [-0.05, 0) is 35.1 Å².